The largest absolute Gasteiger partial charge is 0.345 e. The van der Waals surface area contributed by atoms with Crippen molar-refractivity contribution in [3.05, 3.63) is 75.8 Å². The van der Waals surface area contributed by atoms with E-state index in [1.807, 2.05) is 43.3 Å². The summed E-state index contributed by atoms with van der Waals surface area (Å²) in [7, 11) is 0. The summed E-state index contributed by atoms with van der Waals surface area (Å²) in [4.78, 5) is 18.4. The smallest absolute Gasteiger partial charge is 0.305 e. The van der Waals surface area contributed by atoms with Gasteiger partial charge in [-0.25, -0.2) is 9.78 Å². The number of aromatic amines is 1. The third kappa shape index (κ3) is 3.00. The fraction of sp³-hybridized carbons (Fsp3) is 0.0556. The predicted molar refractivity (Wildman–Crippen MR) is 98.2 cm³/mol. The molecule has 0 saturated carbocycles. The van der Waals surface area contributed by atoms with Crippen LogP contribution in [0.25, 0.3) is 28.3 Å². The second kappa shape index (κ2) is 6.53. The molecule has 7 nitrogen and oxygen atoms in total. The van der Waals surface area contributed by atoms with Crippen LogP contribution in [-0.2, 0) is 0 Å². The molecule has 0 spiro atoms. The number of aryl methyl sites for hydroxylation is 1. The van der Waals surface area contributed by atoms with Crippen LogP contribution in [0.2, 0.25) is 5.02 Å². The molecule has 0 unspecified atom stereocenters. The van der Waals surface area contributed by atoms with E-state index in [0.29, 0.717) is 22.1 Å². The maximum Gasteiger partial charge on any atom is 0.345 e. The molecular formula is C18H13ClN6O. The minimum atomic E-state index is -0.460. The van der Waals surface area contributed by atoms with Crippen molar-refractivity contribution in [1.82, 2.24) is 30.2 Å². The molecule has 0 aliphatic carbocycles. The quantitative estimate of drug-likeness (QED) is 0.603. The minimum absolute atomic E-state index is 0.460. The summed E-state index contributed by atoms with van der Waals surface area (Å²) in [5.74, 6) is 0.465. The second-order valence-corrected chi connectivity index (χ2v) is 6.17. The van der Waals surface area contributed by atoms with Gasteiger partial charge in [0.25, 0.3) is 0 Å². The number of benzene rings is 2. The zero-order chi connectivity index (χ0) is 18.1. The molecule has 2 heterocycles. The SMILES string of the molecule is Cc1ccc(-n2nnnc2-c2cnc(=O)[nH]c2-c2cccc(Cl)c2)cc1. The van der Waals surface area contributed by atoms with E-state index < -0.39 is 5.69 Å². The summed E-state index contributed by atoms with van der Waals surface area (Å²) in [6.45, 7) is 2.01. The number of nitrogens with one attached hydrogen (secondary N) is 1. The number of tetrazole rings is 1. The molecule has 0 bridgehead atoms. The highest BCUT2D eigenvalue weighted by atomic mass is 35.5. The van der Waals surface area contributed by atoms with Crippen molar-refractivity contribution in [3.63, 3.8) is 0 Å². The zero-order valence-corrected chi connectivity index (χ0v) is 14.5. The number of hydrogen-bond donors (Lipinski definition) is 1. The van der Waals surface area contributed by atoms with Gasteiger partial charge >= 0.3 is 5.69 Å². The van der Waals surface area contributed by atoms with Gasteiger partial charge in [-0.05, 0) is 41.6 Å². The van der Waals surface area contributed by atoms with E-state index >= 15 is 0 Å². The monoisotopic (exact) mass is 364 g/mol. The van der Waals surface area contributed by atoms with Crippen LogP contribution in [0.5, 0.6) is 0 Å². The van der Waals surface area contributed by atoms with Gasteiger partial charge in [0, 0.05) is 16.8 Å². The molecule has 8 heteroatoms. The highest BCUT2D eigenvalue weighted by Gasteiger charge is 2.17. The van der Waals surface area contributed by atoms with Crippen LogP contribution in [0.15, 0.2) is 59.5 Å². The Balaban J connectivity index is 1.92. The van der Waals surface area contributed by atoms with Crippen molar-refractivity contribution in [2.24, 2.45) is 0 Å². The number of aromatic nitrogens is 6. The number of nitrogens with zero attached hydrogens (tertiary/aromatic N) is 5. The van der Waals surface area contributed by atoms with Crippen LogP contribution in [-0.4, -0.2) is 30.2 Å². The lowest BCUT2D eigenvalue weighted by molar-refractivity contribution is 0.790. The maximum atomic E-state index is 11.8. The molecule has 4 aromatic rings. The molecule has 4 rings (SSSR count). The van der Waals surface area contributed by atoms with Crippen LogP contribution in [0.3, 0.4) is 0 Å². The standard InChI is InChI=1S/C18H13ClN6O/c1-11-5-7-14(8-6-11)25-17(22-23-24-25)15-10-20-18(26)21-16(15)12-3-2-4-13(19)9-12/h2-10H,1H3,(H,20,21,26). The molecule has 0 radical (unpaired) electrons. The molecule has 0 saturated heterocycles. The molecular weight excluding hydrogens is 352 g/mol. The van der Waals surface area contributed by atoms with E-state index in [1.54, 1.807) is 16.8 Å². The summed E-state index contributed by atoms with van der Waals surface area (Å²) in [6.07, 6.45) is 1.46. The molecule has 0 amide bonds. The van der Waals surface area contributed by atoms with Crippen LogP contribution in [0.4, 0.5) is 0 Å². The third-order valence-corrected chi connectivity index (χ3v) is 4.15. The average Bonchev–Trinajstić information content (AvgIpc) is 3.12. The van der Waals surface area contributed by atoms with Gasteiger partial charge < -0.3 is 4.98 Å². The number of halogens is 1. The normalized spacial score (nSPS) is 10.8. The molecule has 1 N–H and O–H groups in total. The Morgan fingerprint density at radius 2 is 1.92 bits per heavy atom. The molecule has 0 aliphatic heterocycles. The first-order valence-electron chi connectivity index (χ1n) is 7.83. The summed E-state index contributed by atoms with van der Waals surface area (Å²) in [5, 5.41) is 12.6. The van der Waals surface area contributed by atoms with Crippen LogP contribution < -0.4 is 5.69 Å². The Morgan fingerprint density at radius 1 is 1.12 bits per heavy atom. The average molecular weight is 365 g/mol. The lowest BCUT2D eigenvalue weighted by Crippen LogP contribution is -2.12. The molecule has 0 aliphatic rings. The van der Waals surface area contributed by atoms with Gasteiger partial charge in [0.15, 0.2) is 5.82 Å². The third-order valence-electron chi connectivity index (χ3n) is 3.91. The van der Waals surface area contributed by atoms with Crippen molar-refractivity contribution < 1.29 is 0 Å². The number of H-pyrrole nitrogens is 1. The van der Waals surface area contributed by atoms with Crippen molar-refractivity contribution in [3.8, 4) is 28.3 Å². The van der Waals surface area contributed by atoms with Gasteiger partial charge in [-0.3, -0.25) is 0 Å². The lowest BCUT2D eigenvalue weighted by Gasteiger charge is -2.09. The number of rotatable bonds is 3. The van der Waals surface area contributed by atoms with Crippen molar-refractivity contribution in [2.75, 3.05) is 0 Å². The topological polar surface area (TPSA) is 89.3 Å². The van der Waals surface area contributed by atoms with Crippen LogP contribution in [0.1, 0.15) is 5.56 Å². The van der Waals surface area contributed by atoms with Gasteiger partial charge in [0.05, 0.1) is 16.9 Å². The van der Waals surface area contributed by atoms with E-state index in [9.17, 15) is 4.79 Å². The molecule has 0 fully saturated rings. The summed E-state index contributed by atoms with van der Waals surface area (Å²) >= 11 is 6.10. The highest BCUT2D eigenvalue weighted by molar-refractivity contribution is 6.30. The Kier molecular flexibility index (Phi) is 4.06. The van der Waals surface area contributed by atoms with Crippen LogP contribution in [0, 0.1) is 6.92 Å². The van der Waals surface area contributed by atoms with E-state index in [2.05, 4.69) is 25.5 Å². The first-order valence-corrected chi connectivity index (χ1v) is 8.21. The van der Waals surface area contributed by atoms with Crippen molar-refractivity contribution in [1.29, 1.82) is 0 Å². The van der Waals surface area contributed by atoms with Gasteiger partial charge in [-0.2, -0.15) is 4.68 Å². The molecule has 128 valence electrons. The molecule has 26 heavy (non-hydrogen) atoms. The van der Waals surface area contributed by atoms with Gasteiger partial charge in [0.1, 0.15) is 0 Å². The number of hydrogen-bond acceptors (Lipinski definition) is 5. The van der Waals surface area contributed by atoms with Crippen LogP contribution >= 0.6 is 11.6 Å². The van der Waals surface area contributed by atoms with Crippen molar-refractivity contribution >= 4 is 11.6 Å². The fourth-order valence-corrected chi connectivity index (χ4v) is 2.84. The van der Waals surface area contributed by atoms with E-state index in [4.69, 9.17) is 11.6 Å². The summed E-state index contributed by atoms with van der Waals surface area (Å²) in [5.41, 5.74) is 3.36. The summed E-state index contributed by atoms with van der Waals surface area (Å²) < 4.78 is 1.60. The Labute approximate surface area is 153 Å². The Bertz CT molecular complexity index is 1130. The maximum absolute atomic E-state index is 11.8. The van der Waals surface area contributed by atoms with Gasteiger partial charge in [-0.1, -0.05) is 41.4 Å². The Hall–Kier alpha value is -3.32. The fourth-order valence-electron chi connectivity index (χ4n) is 2.65. The lowest BCUT2D eigenvalue weighted by atomic mass is 10.1. The second-order valence-electron chi connectivity index (χ2n) is 5.74. The first kappa shape index (κ1) is 16.2. The Morgan fingerprint density at radius 3 is 2.69 bits per heavy atom. The summed E-state index contributed by atoms with van der Waals surface area (Å²) in [6, 6.07) is 15.0. The first-order chi connectivity index (χ1) is 12.6. The zero-order valence-electron chi connectivity index (χ0n) is 13.7. The van der Waals surface area contributed by atoms with Crippen molar-refractivity contribution in [2.45, 2.75) is 6.92 Å². The minimum Gasteiger partial charge on any atom is -0.305 e. The predicted octanol–water partition coefficient (Wildman–Crippen LogP) is 3.04. The molecule has 2 aromatic heterocycles. The van der Waals surface area contributed by atoms with E-state index in [1.165, 1.54) is 6.20 Å². The van der Waals surface area contributed by atoms with Gasteiger partial charge in [-0.15, -0.1) is 5.10 Å². The molecule has 2 aromatic carbocycles. The molecule has 0 atom stereocenters. The van der Waals surface area contributed by atoms with E-state index in [-0.39, 0.29) is 0 Å². The highest BCUT2D eigenvalue weighted by Crippen LogP contribution is 2.29. The van der Waals surface area contributed by atoms with Gasteiger partial charge in [0.2, 0.25) is 0 Å². The van der Waals surface area contributed by atoms with E-state index in [0.717, 1.165) is 16.8 Å².